The van der Waals surface area contributed by atoms with Crippen molar-refractivity contribution in [1.29, 1.82) is 0 Å². The Balaban J connectivity index is 1.68. The molecule has 1 saturated heterocycles. The van der Waals surface area contributed by atoms with Crippen LogP contribution in [0.1, 0.15) is 24.8 Å². The molecule has 0 spiro atoms. The van der Waals surface area contributed by atoms with Crippen LogP contribution < -0.4 is 5.32 Å². The third-order valence-corrected chi connectivity index (χ3v) is 4.14. The normalized spacial score (nSPS) is 16.5. The van der Waals surface area contributed by atoms with E-state index in [0.717, 1.165) is 36.0 Å². The number of benzene rings is 1. The first kappa shape index (κ1) is 14.7. The van der Waals surface area contributed by atoms with Crippen molar-refractivity contribution >= 4 is 21.7 Å². The van der Waals surface area contributed by atoms with E-state index < -0.39 is 0 Å². The molecule has 0 atom stereocenters. The Labute approximate surface area is 122 Å². The summed E-state index contributed by atoms with van der Waals surface area (Å²) in [6.45, 7) is 2.60. The molecule has 3 nitrogen and oxygen atoms in total. The molecule has 4 heteroatoms. The van der Waals surface area contributed by atoms with Crippen LogP contribution in [0.3, 0.4) is 0 Å². The van der Waals surface area contributed by atoms with Crippen molar-refractivity contribution in [2.45, 2.75) is 31.8 Å². The lowest BCUT2D eigenvalue weighted by molar-refractivity contribution is -0.120. The van der Waals surface area contributed by atoms with E-state index in [4.69, 9.17) is 4.74 Å². The van der Waals surface area contributed by atoms with Crippen LogP contribution in [0.4, 0.5) is 0 Å². The zero-order chi connectivity index (χ0) is 13.5. The molecule has 0 aliphatic carbocycles. The van der Waals surface area contributed by atoms with Crippen LogP contribution >= 0.6 is 15.9 Å². The summed E-state index contributed by atoms with van der Waals surface area (Å²) in [7, 11) is 0. The van der Waals surface area contributed by atoms with E-state index in [1.54, 1.807) is 0 Å². The van der Waals surface area contributed by atoms with Crippen LogP contribution in [0.5, 0.6) is 0 Å². The monoisotopic (exact) mass is 325 g/mol. The highest BCUT2D eigenvalue weighted by molar-refractivity contribution is 9.10. The Morgan fingerprint density at radius 2 is 2.05 bits per heavy atom. The van der Waals surface area contributed by atoms with Crippen LogP contribution in [0.15, 0.2) is 28.7 Å². The SMILES string of the molecule is O=C(CCOC1CCNCC1)Cc1ccccc1Br. The van der Waals surface area contributed by atoms with Crippen LogP contribution in [0.2, 0.25) is 0 Å². The predicted molar refractivity (Wildman–Crippen MR) is 79.3 cm³/mol. The highest BCUT2D eigenvalue weighted by atomic mass is 79.9. The van der Waals surface area contributed by atoms with Crippen molar-refractivity contribution in [1.82, 2.24) is 5.32 Å². The number of ether oxygens (including phenoxy) is 1. The standard InChI is InChI=1S/C15H20BrNO2/c16-15-4-2-1-3-12(15)11-13(18)7-10-19-14-5-8-17-9-6-14/h1-4,14,17H,5-11H2. The first-order valence-electron chi connectivity index (χ1n) is 6.83. The number of Topliss-reactive ketones (excluding diaryl/α,β-unsaturated/α-hetero) is 1. The molecule has 0 radical (unpaired) electrons. The molecule has 1 aromatic rings. The van der Waals surface area contributed by atoms with Crippen LogP contribution in [-0.4, -0.2) is 31.6 Å². The molecule has 1 fully saturated rings. The van der Waals surface area contributed by atoms with Crippen molar-refractivity contribution < 1.29 is 9.53 Å². The number of halogens is 1. The molecule has 0 aromatic heterocycles. The molecule has 2 rings (SSSR count). The van der Waals surface area contributed by atoms with Gasteiger partial charge in [0.25, 0.3) is 0 Å². The average Bonchev–Trinajstić information content (AvgIpc) is 2.43. The molecular weight excluding hydrogens is 306 g/mol. The third kappa shape index (κ3) is 5.05. The van der Waals surface area contributed by atoms with E-state index in [9.17, 15) is 4.79 Å². The molecule has 1 aliphatic heterocycles. The maximum atomic E-state index is 11.9. The largest absolute Gasteiger partial charge is 0.378 e. The lowest BCUT2D eigenvalue weighted by Gasteiger charge is -2.22. The van der Waals surface area contributed by atoms with Gasteiger partial charge in [0.05, 0.1) is 12.7 Å². The van der Waals surface area contributed by atoms with Crippen molar-refractivity contribution in [3.8, 4) is 0 Å². The van der Waals surface area contributed by atoms with Gasteiger partial charge in [0.2, 0.25) is 0 Å². The zero-order valence-electron chi connectivity index (χ0n) is 11.0. The zero-order valence-corrected chi connectivity index (χ0v) is 12.6. The van der Waals surface area contributed by atoms with Gasteiger partial charge in [-0.25, -0.2) is 0 Å². The van der Waals surface area contributed by atoms with Gasteiger partial charge in [-0.2, -0.15) is 0 Å². The summed E-state index contributed by atoms with van der Waals surface area (Å²) >= 11 is 3.47. The Bertz CT molecular complexity index is 416. The fraction of sp³-hybridized carbons (Fsp3) is 0.533. The molecule has 1 heterocycles. The minimum atomic E-state index is 0.237. The number of carbonyl (C=O) groups is 1. The van der Waals surface area contributed by atoms with Crippen molar-refractivity contribution in [2.24, 2.45) is 0 Å². The van der Waals surface area contributed by atoms with Crippen molar-refractivity contribution in [3.05, 3.63) is 34.3 Å². The number of carbonyl (C=O) groups excluding carboxylic acids is 1. The predicted octanol–water partition coefficient (Wildman–Crippen LogP) is 2.72. The van der Waals surface area contributed by atoms with Gasteiger partial charge in [0.15, 0.2) is 0 Å². The van der Waals surface area contributed by atoms with Crippen molar-refractivity contribution in [2.75, 3.05) is 19.7 Å². The maximum Gasteiger partial charge on any atom is 0.139 e. The van der Waals surface area contributed by atoms with E-state index in [-0.39, 0.29) is 5.78 Å². The second-order valence-electron chi connectivity index (χ2n) is 4.88. The second-order valence-corrected chi connectivity index (χ2v) is 5.73. The molecule has 19 heavy (non-hydrogen) atoms. The fourth-order valence-corrected chi connectivity index (χ4v) is 2.67. The molecule has 1 aliphatic rings. The number of hydrogen-bond acceptors (Lipinski definition) is 3. The van der Waals surface area contributed by atoms with E-state index in [0.29, 0.717) is 25.6 Å². The first-order chi connectivity index (χ1) is 9.25. The molecular formula is C15H20BrNO2. The first-order valence-corrected chi connectivity index (χ1v) is 7.62. The average molecular weight is 326 g/mol. The van der Waals surface area contributed by atoms with Gasteiger partial charge >= 0.3 is 0 Å². The molecule has 0 unspecified atom stereocenters. The fourth-order valence-electron chi connectivity index (χ4n) is 2.24. The van der Waals surface area contributed by atoms with Crippen LogP contribution in [-0.2, 0) is 16.0 Å². The molecule has 0 saturated carbocycles. The van der Waals surface area contributed by atoms with Gasteiger partial charge in [-0.1, -0.05) is 34.1 Å². The quantitative estimate of drug-likeness (QED) is 0.874. The Kier molecular flexibility index (Phi) is 6.01. The smallest absolute Gasteiger partial charge is 0.139 e. The van der Waals surface area contributed by atoms with Crippen molar-refractivity contribution in [3.63, 3.8) is 0 Å². The van der Waals surface area contributed by atoms with Gasteiger partial charge in [-0.3, -0.25) is 4.79 Å². The molecule has 0 bridgehead atoms. The Morgan fingerprint density at radius 3 is 2.79 bits per heavy atom. The lowest BCUT2D eigenvalue weighted by Crippen LogP contribution is -2.32. The minimum Gasteiger partial charge on any atom is -0.378 e. The summed E-state index contributed by atoms with van der Waals surface area (Å²) in [6.07, 6.45) is 3.43. The summed E-state index contributed by atoms with van der Waals surface area (Å²) in [5, 5.41) is 3.30. The number of hydrogen-bond donors (Lipinski definition) is 1. The Hall–Kier alpha value is -0.710. The lowest BCUT2D eigenvalue weighted by atomic mass is 10.1. The van der Waals surface area contributed by atoms with E-state index in [1.165, 1.54) is 0 Å². The minimum absolute atomic E-state index is 0.237. The van der Waals surface area contributed by atoms with Gasteiger partial charge in [-0.15, -0.1) is 0 Å². The van der Waals surface area contributed by atoms with E-state index in [2.05, 4.69) is 21.2 Å². The third-order valence-electron chi connectivity index (χ3n) is 3.37. The molecule has 1 aromatic carbocycles. The summed E-state index contributed by atoms with van der Waals surface area (Å²) < 4.78 is 6.75. The second kappa shape index (κ2) is 7.78. The van der Waals surface area contributed by atoms with Crippen LogP contribution in [0, 0.1) is 0 Å². The molecule has 1 N–H and O–H groups in total. The topological polar surface area (TPSA) is 38.3 Å². The summed E-state index contributed by atoms with van der Waals surface area (Å²) in [4.78, 5) is 11.9. The van der Waals surface area contributed by atoms with Gasteiger partial charge in [-0.05, 0) is 37.6 Å². The van der Waals surface area contributed by atoms with Gasteiger partial charge in [0.1, 0.15) is 5.78 Å². The molecule has 0 amide bonds. The number of piperidine rings is 1. The molecule has 104 valence electrons. The van der Waals surface area contributed by atoms with Gasteiger partial charge < -0.3 is 10.1 Å². The van der Waals surface area contributed by atoms with Crippen LogP contribution in [0.25, 0.3) is 0 Å². The number of rotatable bonds is 6. The highest BCUT2D eigenvalue weighted by Crippen LogP contribution is 2.17. The van der Waals surface area contributed by atoms with Gasteiger partial charge in [0, 0.05) is 17.3 Å². The summed E-state index contributed by atoms with van der Waals surface area (Å²) in [5.74, 6) is 0.237. The maximum absolute atomic E-state index is 11.9. The Morgan fingerprint density at radius 1 is 1.32 bits per heavy atom. The van der Waals surface area contributed by atoms with E-state index in [1.807, 2.05) is 24.3 Å². The highest BCUT2D eigenvalue weighted by Gasteiger charge is 2.14. The number of ketones is 1. The number of nitrogens with one attached hydrogen (secondary N) is 1. The summed E-state index contributed by atoms with van der Waals surface area (Å²) in [5.41, 5.74) is 1.05. The summed E-state index contributed by atoms with van der Waals surface area (Å²) in [6, 6.07) is 7.86. The van der Waals surface area contributed by atoms with E-state index >= 15 is 0 Å².